The molecule has 1 aromatic carbocycles. The van der Waals surface area contributed by atoms with Crippen molar-refractivity contribution in [3.8, 4) is 28.4 Å². The van der Waals surface area contributed by atoms with Crippen LogP contribution in [0.2, 0.25) is 0 Å². The molecule has 2 aromatic heterocycles. The number of hydrogen-bond acceptors (Lipinski definition) is 3. The van der Waals surface area contributed by atoms with Crippen LogP contribution in [0.1, 0.15) is 4.88 Å². The standard InChI is InChI=1S/C18H11N3S/c19-12-14(13-20)11-16-8-9-18(22-16)17-7-4-10-21(17)15-5-2-1-3-6-15/h1-11H. The summed E-state index contributed by atoms with van der Waals surface area (Å²) < 4.78 is 2.12. The summed E-state index contributed by atoms with van der Waals surface area (Å²) in [6.07, 6.45) is 3.64. The van der Waals surface area contributed by atoms with Gasteiger partial charge in [-0.05, 0) is 42.5 Å². The molecule has 0 fully saturated rings. The van der Waals surface area contributed by atoms with Gasteiger partial charge in [0.25, 0.3) is 0 Å². The molecule has 3 aromatic rings. The lowest BCUT2D eigenvalue weighted by atomic mass is 10.2. The predicted molar refractivity (Wildman–Crippen MR) is 88.3 cm³/mol. The third kappa shape index (κ3) is 2.69. The van der Waals surface area contributed by atoms with E-state index in [1.807, 2.05) is 54.7 Å². The van der Waals surface area contributed by atoms with E-state index in [1.165, 1.54) is 0 Å². The zero-order valence-corrected chi connectivity index (χ0v) is 12.4. The van der Waals surface area contributed by atoms with Crippen LogP contribution >= 0.6 is 11.3 Å². The second kappa shape index (κ2) is 6.13. The second-order valence-electron chi connectivity index (χ2n) is 4.58. The summed E-state index contributed by atoms with van der Waals surface area (Å²) >= 11 is 1.56. The van der Waals surface area contributed by atoms with E-state index in [1.54, 1.807) is 17.4 Å². The third-order valence-corrected chi connectivity index (χ3v) is 4.24. The molecule has 0 unspecified atom stereocenters. The average Bonchev–Trinajstić information content (AvgIpc) is 3.22. The van der Waals surface area contributed by atoms with E-state index in [4.69, 9.17) is 10.5 Å². The molecule has 4 heteroatoms. The maximum Gasteiger partial charge on any atom is 0.131 e. The van der Waals surface area contributed by atoms with Gasteiger partial charge in [0.2, 0.25) is 0 Å². The summed E-state index contributed by atoms with van der Waals surface area (Å²) in [6.45, 7) is 0. The van der Waals surface area contributed by atoms with E-state index in [9.17, 15) is 0 Å². The lowest BCUT2D eigenvalue weighted by molar-refractivity contribution is 1.09. The number of allylic oxidation sites excluding steroid dienone is 1. The number of thiophene rings is 1. The first kappa shape index (κ1) is 13.9. The van der Waals surface area contributed by atoms with Crippen molar-refractivity contribution >= 4 is 17.4 Å². The van der Waals surface area contributed by atoms with Gasteiger partial charge in [-0.25, -0.2) is 0 Å². The molecule has 22 heavy (non-hydrogen) atoms. The Hall–Kier alpha value is -3.08. The van der Waals surface area contributed by atoms with E-state index in [-0.39, 0.29) is 5.57 Å². The highest BCUT2D eigenvalue weighted by molar-refractivity contribution is 7.16. The van der Waals surface area contributed by atoms with Crippen molar-refractivity contribution in [2.75, 3.05) is 0 Å². The Morgan fingerprint density at radius 2 is 1.73 bits per heavy atom. The topological polar surface area (TPSA) is 52.5 Å². The van der Waals surface area contributed by atoms with Gasteiger partial charge in [-0.1, -0.05) is 18.2 Å². The van der Waals surface area contributed by atoms with Crippen LogP contribution in [0, 0.1) is 22.7 Å². The van der Waals surface area contributed by atoms with Crippen molar-refractivity contribution in [1.29, 1.82) is 10.5 Å². The number of hydrogen-bond donors (Lipinski definition) is 0. The molecule has 104 valence electrons. The van der Waals surface area contributed by atoms with Crippen molar-refractivity contribution in [2.24, 2.45) is 0 Å². The summed E-state index contributed by atoms with van der Waals surface area (Å²) in [6, 6.07) is 21.9. The van der Waals surface area contributed by atoms with E-state index < -0.39 is 0 Å². The first-order valence-electron chi connectivity index (χ1n) is 6.66. The van der Waals surface area contributed by atoms with E-state index >= 15 is 0 Å². The number of para-hydroxylation sites is 1. The molecular formula is C18H11N3S. The largest absolute Gasteiger partial charge is 0.316 e. The minimum absolute atomic E-state index is 0.117. The summed E-state index contributed by atoms with van der Waals surface area (Å²) in [4.78, 5) is 1.99. The Bertz CT molecular complexity index is 886. The Labute approximate surface area is 132 Å². The average molecular weight is 301 g/mol. The van der Waals surface area contributed by atoms with E-state index in [2.05, 4.69) is 22.8 Å². The summed E-state index contributed by atoms with van der Waals surface area (Å²) in [7, 11) is 0. The highest BCUT2D eigenvalue weighted by Gasteiger charge is 2.08. The molecule has 0 radical (unpaired) electrons. The van der Waals surface area contributed by atoms with Crippen molar-refractivity contribution < 1.29 is 0 Å². The molecule has 0 amide bonds. The van der Waals surface area contributed by atoms with Gasteiger partial charge >= 0.3 is 0 Å². The van der Waals surface area contributed by atoms with Gasteiger partial charge in [0.15, 0.2) is 0 Å². The van der Waals surface area contributed by atoms with Gasteiger partial charge < -0.3 is 4.57 Å². The monoisotopic (exact) mass is 301 g/mol. The number of benzene rings is 1. The Morgan fingerprint density at radius 1 is 0.955 bits per heavy atom. The fourth-order valence-corrected chi connectivity index (χ4v) is 3.17. The first-order valence-corrected chi connectivity index (χ1v) is 7.48. The lowest BCUT2D eigenvalue weighted by Gasteiger charge is -2.07. The van der Waals surface area contributed by atoms with Gasteiger partial charge in [0.1, 0.15) is 17.7 Å². The van der Waals surface area contributed by atoms with Crippen LogP contribution in [0.5, 0.6) is 0 Å². The fraction of sp³-hybridized carbons (Fsp3) is 0. The van der Waals surface area contributed by atoms with Crippen LogP contribution in [0.3, 0.4) is 0 Å². The Morgan fingerprint density at radius 3 is 2.45 bits per heavy atom. The minimum Gasteiger partial charge on any atom is -0.316 e. The third-order valence-electron chi connectivity index (χ3n) is 3.19. The van der Waals surface area contributed by atoms with Crippen molar-refractivity contribution in [2.45, 2.75) is 0 Å². The Balaban J connectivity index is 2.00. The van der Waals surface area contributed by atoms with Gasteiger partial charge in [-0.3, -0.25) is 0 Å². The SMILES string of the molecule is N#CC(C#N)=Cc1ccc(-c2cccn2-c2ccccc2)s1. The van der Waals surface area contributed by atoms with E-state index in [0.29, 0.717) is 0 Å². The van der Waals surface area contributed by atoms with Gasteiger partial charge in [0, 0.05) is 16.8 Å². The molecule has 0 spiro atoms. The number of rotatable bonds is 3. The summed E-state index contributed by atoms with van der Waals surface area (Å²) in [5.74, 6) is 0. The zero-order chi connectivity index (χ0) is 15.4. The van der Waals surface area contributed by atoms with Crippen LogP contribution in [-0.2, 0) is 0 Å². The molecule has 2 heterocycles. The highest BCUT2D eigenvalue weighted by atomic mass is 32.1. The van der Waals surface area contributed by atoms with E-state index in [0.717, 1.165) is 21.1 Å². The number of nitriles is 2. The van der Waals surface area contributed by atoms with Crippen LogP contribution in [-0.4, -0.2) is 4.57 Å². The van der Waals surface area contributed by atoms with Crippen LogP contribution in [0.25, 0.3) is 22.3 Å². The van der Waals surface area contributed by atoms with Crippen molar-refractivity contribution in [3.63, 3.8) is 0 Å². The zero-order valence-electron chi connectivity index (χ0n) is 11.6. The number of nitrogens with zero attached hydrogens (tertiary/aromatic N) is 3. The second-order valence-corrected chi connectivity index (χ2v) is 5.70. The smallest absolute Gasteiger partial charge is 0.131 e. The lowest BCUT2D eigenvalue weighted by Crippen LogP contribution is -1.92. The normalized spacial score (nSPS) is 9.73. The first-order chi connectivity index (χ1) is 10.8. The maximum absolute atomic E-state index is 8.83. The molecule has 0 saturated carbocycles. The minimum atomic E-state index is 0.117. The van der Waals surface area contributed by atoms with Gasteiger partial charge in [-0.2, -0.15) is 10.5 Å². The molecular weight excluding hydrogens is 290 g/mol. The number of aromatic nitrogens is 1. The highest BCUT2D eigenvalue weighted by Crippen LogP contribution is 2.31. The van der Waals surface area contributed by atoms with Crippen LogP contribution < -0.4 is 0 Å². The predicted octanol–water partition coefficient (Wildman–Crippen LogP) is 4.64. The molecule has 0 N–H and O–H groups in total. The molecule has 0 aliphatic heterocycles. The van der Waals surface area contributed by atoms with Crippen molar-refractivity contribution in [1.82, 2.24) is 4.57 Å². The summed E-state index contributed by atoms with van der Waals surface area (Å²) in [5, 5.41) is 17.7. The molecule has 3 nitrogen and oxygen atoms in total. The van der Waals surface area contributed by atoms with Gasteiger partial charge in [0.05, 0.1) is 10.6 Å². The van der Waals surface area contributed by atoms with Gasteiger partial charge in [-0.15, -0.1) is 11.3 Å². The van der Waals surface area contributed by atoms with Crippen LogP contribution in [0.4, 0.5) is 0 Å². The van der Waals surface area contributed by atoms with Crippen molar-refractivity contribution in [3.05, 3.63) is 71.2 Å². The maximum atomic E-state index is 8.83. The molecule has 0 aliphatic carbocycles. The molecule has 0 aliphatic rings. The Kier molecular flexibility index (Phi) is 3.87. The van der Waals surface area contributed by atoms with Crippen LogP contribution in [0.15, 0.2) is 66.4 Å². The molecule has 0 saturated heterocycles. The quantitative estimate of drug-likeness (QED) is 0.662. The molecule has 3 rings (SSSR count). The summed E-state index contributed by atoms with van der Waals surface area (Å²) in [5.41, 5.74) is 2.31. The fourth-order valence-electron chi connectivity index (χ4n) is 2.20. The molecule has 0 atom stereocenters. The molecule has 0 bridgehead atoms.